The van der Waals surface area contributed by atoms with E-state index in [1.807, 2.05) is 6.08 Å². The monoisotopic (exact) mass is 184 g/mol. The molecular formula is C11H20O2. The van der Waals surface area contributed by atoms with Crippen molar-refractivity contribution in [2.24, 2.45) is 0 Å². The number of allylic oxidation sites excluding steroid dienone is 1. The van der Waals surface area contributed by atoms with Crippen LogP contribution in [0.15, 0.2) is 12.7 Å². The zero-order chi connectivity index (χ0) is 9.57. The zero-order valence-electron chi connectivity index (χ0n) is 8.55. The van der Waals surface area contributed by atoms with Crippen molar-refractivity contribution in [3.63, 3.8) is 0 Å². The van der Waals surface area contributed by atoms with Crippen molar-refractivity contribution in [2.45, 2.75) is 44.8 Å². The van der Waals surface area contributed by atoms with E-state index in [0.29, 0.717) is 0 Å². The molecule has 1 rings (SSSR count). The van der Waals surface area contributed by atoms with Crippen LogP contribution >= 0.6 is 0 Å². The SMILES string of the molecule is C=CCCCC1(CCC)OCCO1. The number of rotatable bonds is 6. The van der Waals surface area contributed by atoms with Crippen molar-refractivity contribution in [1.82, 2.24) is 0 Å². The van der Waals surface area contributed by atoms with E-state index in [9.17, 15) is 0 Å². The maximum atomic E-state index is 5.67. The van der Waals surface area contributed by atoms with Crippen LogP contribution < -0.4 is 0 Å². The first-order valence-corrected chi connectivity index (χ1v) is 5.22. The second kappa shape index (κ2) is 5.40. The summed E-state index contributed by atoms with van der Waals surface area (Å²) in [5.41, 5.74) is 0. The molecule has 76 valence electrons. The third-order valence-electron chi connectivity index (χ3n) is 2.41. The maximum Gasteiger partial charge on any atom is 0.168 e. The van der Waals surface area contributed by atoms with Crippen LogP contribution in [0.25, 0.3) is 0 Å². The van der Waals surface area contributed by atoms with Crippen molar-refractivity contribution in [2.75, 3.05) is 13.2 Å². The summed E-state index contributed by atoms with van der Waals surface area (Å²) >= 11 is 0. The third-order valence-corrected chi connectivity index (χ3v) is 2.41. The van der Waals surface area contributed by atoms with Crippen molar-refractivity contribution in [1.29, 1.82) is 0 Å². The van der Waals surface area contributed by atoms with E-state index in [4.69, 9.17) is 9.47 Å². The Morgan fingerprint density at radius 3 is 2.54 bits per heavy atom. The fourth-order valence-corrected chi connectivity index (χ4v) is 1.81. The van der Waals surface area contributed by atoms with E-state index >= 15 is 0 Å². The maximum absolute atomic E-state index is 5.67. The largest absolute Gasteiger partial charge is 0.348 e. The van der Waals surface area contributed by atoms with E-state index < -0.39 is 0 Å². The smallest absolute Gasteiger partial charge is 0.168 e. The molecule has 0 aromatic heterocycles. The Bertz CT molecular complexity index is 148. The fourth-order valence-electron chi connectivity index (χ4n) is 1.81. The standard InChI is InChI=1S/C11H20O2/c1-3-5-6-8-11(7-4-2)12-9-10-13-11/h3H,1,4-10H2,2H3. The van der Waals surface area contributed by atoms with E-state index in [1.165, 1.54) is 0 Å². The van der Waals surface area contributed by atoms with Crippen LogP contribution in [0.4, 0.5) is 0 Å². The molecule has 2 heteroatoms. The first-order chi connectivity index (χ1) is 6.33. The van der Waals surface area contributed by atoms with Gasteiger partial charge < -0.3 is 9.47 Å². The lowest BCUT2D eigenvalue weighted by atomic mass is 10.0. The Morgan fingerprint density at radius 2 is 2.00 bits per heavy atom. The second-order valence-electron chi connectivity index (χ2n) is 3.54. The van der Waals surface area contributed by atoms with Crippen LogP contribution in [-0.2, 0) is 9.47 Å². The molecule has 1 aliphatic heterocycles. The van der Waals surface area contributed by atoms with Gasteiger partial charge in [0.25, 0.3) is 0 Å². The van der Waals surface area contributed by atoms with E-state index in [-0.39, 0.29) is 5.79 Å². The van der Waals surface area contributed by atoms with Gasteiger partial charge in [0.1, 0.15) is 0 Å². The van der Waals surface area contributed by atoms with Crippen LogP contribution in [0, 0.1) is 0 Å². The molecule has 0 unspecified atom stereocenters. The quantitative estimate of drug-likeness (QED) is 0.467. The topological polar surface area (TPSA) is 18.5 Å². The van der Waals surface area contributed by atoms with Crippen LogP contribution in [0.1, 0.15) is 39.0 Å². The van der Waals surface area contributed by atoms with E-state index in [0.717, 1.165) is 45.3 Å². The highest BCUT2D eigenvalue weighted by atomic mass is 16.7. The highest BCUT2D eigenvalue weighted by molar-refractivity contribution is 4.76. The van der Waals surface area contributed by atoms with Gasteiger partial charge in [-0.25, -0.2) is 0 Å². The predicted molar refractivity (Wildman–Crippen MR) is 53.6 cm³/mol. The van der Waals surface area contributed by atoms with Gasteiger partial charge in [0, 0.05) is 12.8 Å². The van der Waals surface area contributed by atoms with Crippen molar-refractivity contribution >= 4 is 0 Å². The van der Waals surface area contributed by atoms with Crippen LogP contribution in [0.2, 0.25) is 0 Å². The van der Waals surface area contributed by atoms with Gasteiger partial charge >= 0.3 is 0 Å². The molecule has 0 spiro atoms. The molecule has 0 N–H and O–H groups in total. The van der Waals surface area contributed by atoms with Crippen LogP contribution in [0.3, 0.4) is 0 Å². The first kappa shape index (κ1) is 10.7. The molecule has 0 aromatic rings. The lowest BCUT2D eigenvalue weighted by Gasteiger charge is -2.26. The van der Waals surface area contributed by atoms with Gasteiger partial charge in [0.05, 0.1) is 13.2 Å². The summed E-state index contributed by atoms with van der Waals surface area (Å²) < 4.78 is 11.3. The van der Waals surface area contributed by atoms with Crippen LogP contribution in [-0.4, -0.2) is 19.0 Å². The van der Waals surface area contributed by atoms with E-state index in [1.54, 1.807) is 0 Å². The molecule has 0 amide bonds. The van der Waals surface area contributed by atoms with E-state index in [2.05, 4.69) is 13.5 Å². The summed E-state index contributed by atoms with van der Waals surface area (Å²) in [5.74, 6) is -0.252. The average Bonchev–Trinajstić information content (AvgIpc) is 2.55. The minimum absolute atomic E-state index is 0.252. The van der Waals surface area contributed by atoms with Crippen molar-refractivity contribution in [3.05, 3.63) is 12.7 Å². The Balaban J connectivity index is 2.32. The summed E-state index contributed by atoms with van der Waals surface area (Å²) in [4.78, 5) is 0. The molecule has 0 aromatic carbocycles. The zero-order valence-corrected chi connectivity index (χ0v) is 8.55. The molecule has 0 saturated carbocycles. The van der Waals surface area contributed by atoms with Gasteiger partial charge in [0.2, 0.25) is 0 Å². The summed E-state index contributed by atoms with van der Waals surface area (Å²) in [7, 11) is 0. The highest BCUT2D eigenvalue weighted by Crippen LogP contribution is 2.30. The Labute approximate surface area is 80.9 Å². The number of hydrogen-bond acceptors (Lipinski definition) is 2. The van der Waals surface area contributed by atoms with Gasteiger partial charge in [-0.2, -0.15) is 0 Å². The Kier molecular flexibility index (Phi) is 4.46. The molecule has 0 aliphatic carbocycles. The summed E-state index contributed by atoms with van der Waals surface area (Å²) in [6.07, 6.45) is 7.27. The molecule has 1 fully saturated rings. The minimum Gasteiger partial charge on any atom is -0.348 e. The van der Waals surface area contributed by atoms with Crippen molar-refractivity contribution in [3.8, 4) is 0 Å². The van der Waals surface area contributed by atoms with Gasteiger partial charge in [-0.05, 0) is 12.8 Å². The summed E-state index contributed by atoms with van der Waals surface area (Å²) in [5, 5.41) is 0. The van der Waals surface area contributed by atoms with Crippen molar-refractivity contribution < 1.29 is 9.47 Å². The highest BCUT2D eigenvalue weighted by Gasteiger charge is 2.34. The number of hydrogen-bond donors (Lipinski definition) is 0. The lowest BCUT2D eigenvalue weighted by Crippen LogP contribution is -2.29. The minimum atomic E-state index is -0.252. The summed E-state index contributed by atoms with van der Waals surface area (Å²) in [6.45, 7) is 7.39. The third kappa shape index (κ3) is 3.12. The fraction of sp³-hybridized carbons (Fsp3) is 0.818. The van der Waals surface area contributed by atoms with Gasteiger partial charge in [-0.1, -0.05) is 19.4 Å². The van der Waals surface area contributed by atoms with Gasteiger partial charge in [-0.3, -0.25) is 0 Å². The molecule has 1 heterocycles. The van der Waals surface area contributed by atoms with Gasteiger partial charge in [-0.15, -0.1) is 6.58 Å². The van der Waals surface area contributed by atoms with Crippen LogP contribution in [0.5, 0.6) is 0 Å². The molecular weight excluding hydrogens is 164 g/mol. The normalized spacial score (nSPS) is 20.4. The predicted octanol–water partition coefficient (Wildman–Crippen LogP) is 2.89. The Morgan fingerprint density at radius 1 is 1.31 bits per heavy atom. The molecule has 0 atom stereocenters. The molecule has 0 bridgehead atoms. The second-order valence-corrected chi connectivity index (χ2v) is 3.54. The van der Waals surface area contributed by atoms with Gasteiger partial charge in [0.15, 0.2) is 5.79 Å². The lowest BCUT2D eigenvalue weighted by molar-refractivity contribution is -0.167. The number of ether oxygens (including phenoxy) is 2. The molecule has 1 saturated heterocycles. The summed E-state index contributed by atoms with van der Waals surface area (Å²) in [6, 6.07) is 0. The number of unbranched alkanes of at least 4 members (excludes halogenated alkanes) is 1. The molecule has 1 aliphatic rings. The average molecular weight is 184 g/mol. The first-order valence-electron chi connectivity index (χ1n) is 5.22. The molecule has 0 radical (unpaired) electrons. The Hall–Kier alpha value is -0.340. The molecule has 2 nitrogen and oxygen atoms in total. The molecule has 13 heavy (non-hydrogen) atoms.